The second-order valence-corrected chi connectivity index (χ2v) is 1.40. The van der Waals surface area contributed by atoms with E-state index in [0.29, 0.717) is 0 Å². The average Bonchev–Trinajstić information content (AvgIpc) is 1.65. The molecule has 0 amide bonds. The van der Waals surface area contributed by atoms with Crippen LogP contribution in [0.4, 0.5) is 0 Å². The minimum Gasteiger partial charge on any atom is -0.849 e. The van der Waals surface area contributed by atoms with Crippen molar-refractivity contribution in [3.63, 3.8) is 0 Å². The molecule has 0 radical (unpaired) electrons. The van der Waals surface area contributed by atoms with Crippen LogP contribution < -0.4 is 5.11 Å². The Morgan fingerprint density at radius 1 is 1.50 bits per heavy atom. The first-order valence-electron chi connectivity index (χ1n) is 2.11. The predicted molar refractivity (Wildman–Crippen MR) is 24.9 cm³/mol. The van der Waals surface area contributed by atoms with Crippen molar-refractivity contribution >= 4 is 11.6 Å². The maximum Gasteiger partial charge on any atom is 0.310 e. The molecule has 0 rings (SSSR count). The molecule has 0 N–H and O–H groups in total. The van der Waals surface area contributed by atoms with E-state index in [9.17, 15) is 14.7 Å². The normalized spacial score (nSPS) is 8.62. The Kier molecular flexibility index (Phi) is 2.88. The summed E-state index contributed by atoms with van der Waals surface area (Å²) < 4.78 is 0. The summed E-state index contributed by atoms with van der Waals surface area (Å²) in [5, 5.41) is 9.64. The third kappa shape index (κ3) is 3.36. The van der Waals surface area contributed by atoms with E-state index in [4.69, 9.17) is 0 Å². The summed E-state index contributed by atoms with van der Waals surface area (Å²) in [5.41, 5.74) is 0. The van der Waals surface area contributed by atoms with Gasteiger partial charge >= 0.3 is 5.78 Å². The van der Waals surface area contributed by atoms with Gasteiger partial charge in [0, 0.05) is 0 Å². The zero-order chi connectivity index (χ0) is 6.57. The smallest absolute Gasteiger partial charge is 0.310 e. The first-order valence-corrected chi connectivity index (χ1v) is 2.11. The second kappa shape index (κ2) is 3.21. The number of hydrogen-bond acceptors (Lipinski definition) is 3. The molecule has 0 aromatic carbocycles. The highest BCUT2D eigenvalue weighted by Crippen LogP contribution is 1.79. The number of hydrogen-bond donors (Lipinski definition) is 0. The van der Waals surface area contributed by atoms with Crippen LogP contribution >= 0.6 is 0 Å². The van der Waals surface area contributed by atoms with Crippen molar-refractivity contribution in [2.45, 2.75) is 6.42 Å². The van der Waals surface area contributed by atoms with Gasteiger partial charge in [-0.2, -0.15) is 0 Å². The van der Waals surface area contributed by atoms with Gasteiger partial charge in [-0.1, -0.05) is 6.61 Å². The molecule has 8 heavy (non-hydrogen) atoms. The highest BCUT2D eigenvalue weighted by atomic mass is 16.3. The Morgan fingerprint density at radius 3 is 2.12 bits per heavy atom. The van der Waals surface area contributed by atoms with Gasteiger partial charge in [0.1, 0.15) is 19.1 Å². The fraction of sp³-hybridized carbons (Fsp3) is 0.400. The predicted octanol–water partition coefficient (Wildman–Crippen LogP) is -1.29. The molecule has 0 aliphatic rings. The summed E-state index contributed by atoms with van der Waals surface area (Å²) in [5.74, 6) is -1.09. The van der Waals surface area contributed by atoms with E-state index in [0.717, 1.165) is 0 Å². The van der Waals surface area contributed by atoms with E-state index < -0.39 is 18.2 Å². The number of ketones is 2. The number of carbonyl (C=O) groups is 2. The van der Waals surface area contributed by atoms with Gasteiger partial charge in [-0.25, -0.2) is 4.79 Å². The van der Waals surface area contributed by atoms with Gasteiger partial charge in [0.25, 0.3) is 0 Å². The summed E-state index contributed by atoms with van der Waals surface area (Å²) in [7, 11) is 0. The minimum absolute atomic E-state index is 0.316. The Balaban J connectivity index is 3.40. The maximum atomic E-state index is 10.0. The molecule has 0 fully saturated rings. The van der Waals surface area contributed by atoms with Crippen LogP contribution in [0.25, 0.3) is 0 Å². The molecule has 0 unspecified atom stereocenters. The van der Waals surface area contributed by atoms with Crippen molar-refractivity contribution in [3.05, 3.63) is 6.92 Å². The van der Waals surface area contributed by atoms with Crippen LogP contribution in [0.5, 0.6) is 0 Å². The SMILES string of the molecule is [CH2+]C(=O)CC(=O)C[O-]. The molecule has 3 heteroatoms. The van der Waals surface area contributed by atoms with Crippen molar-refractivity contribution in [3.8, 4) is 0 Å². The molecule has 0 atom stereocenters. The van der Waals surface area contributed by atoms with Crippen LogP contribution in [-0.2, 0) is 9.59 Å². The highest BCUT2D eigenvalue weighted by molar-refractivity contribution is 6.01. The third-order valence-corrected chi connectivity index (χ3v) is 0.555. The van der Waals surface area contributed by atoms with Gasteiger partial charge in [-0.15, -0.1) is 0 Å². The summed E-state index contributed by atoms with van der Waals surface area (Å²) in [4.78, 5) is 20.0. The lowest BCUT2D eigenvalue weighted by molar-refractivity contribution is -0.354. The molecule has 3 nitrogen and oxygen atoms in total. The standard InChI is InChI=1S/C5H6O3/c1-4(7)2-5(8)3-6/h1-3H2. The molecule has 0 spiro atoms. The molecule has 0 heterocycles. The number of carbonyl (C=O) groups excluding carboxylic acids is 2. The Hall–Kier alpha value is -0.830. The van der Waals surface area contributed by atoms with E-state index in [-0.39, 0.29) is 6.42 Å². The Bertz CT molecular complexity index is 106. The van der Waals surface area contributed by atoms with Gasteiger partial charge in [0.05, 0.1) is 0 Å². The topological polar surface area (TPSA) is 57.2 Å². The van der Waals surface area contributed by atoms with Crippen LogP contribution in [0.15, 0.2) is 0 Å². The van der Waals surface area contributed by atoms with Crippen LogP contribution in [-0.4, -0.2) is 18.2 Å². The molecular formula is C5H6O3. The second-order valence-electron chi connectivity index (χ2n) is 1.40. The lowest BCUT2D eigenvalue weighted by atomic mass is 10.2. The van der Waals surface area contributed by atoms with Crippen molar-refractivity contribution in [1.29, 1.82) is 0 Å². The van der Waals surface area contributed by atoms with Crippen molar-refractivity contribution in [2.75, 3.05) is 6.61 Å². The highest BCUT2D eigenvalue weighted by Gasteiger charge is 2.03. The summed E-state index contributed by atoms with van der Waals surface area (Å²) >= 11 is 0. The molecule has 0 bridgehead atoms. The molecule has 0 saturated heterocycles. The fourth-order valence-electron chi connectivity index (χ4n) is 0.271. The molecule has 0 aliphatic carbocycles. The lowest BCUT2D eigenvalue weighted by Crippen LogP contribution is -2.19. The van der Waals surface area contributed by atoms with Crippen molar-refractivity contribution in [2.24, 2.45) is 0 Å². The van der Waals surface area contributed by atoms with Crippen LogP contribution in [0.3, 0.4) is 0 Å². The summed E-state index contributed by atoms with van der Waals surface area (Å²) in [6.07, 6.45) is -0.316. The van der Waals surface area contributed by atoms with Crippen molar-refractivity contribution < 1.29 is 14.7 Å². The van der Waals surface area contributed by atoms with E-state index in [1.807, 2.05) is 0 Å². The van der Waals surface area contributed by atoms with Gasteiger partial charge in [0.15, 0.2) is 0 Å². The quantitative estimate of drug-likeness (QED) is 0.339. The largest absolute Gasteiger partial charge is 0.849 e. The van der Waals surface area contributed by atoms with E-state index in [1.54, 1.807) is 0 Å². The van der Waals surface area contributed by atoms with E-state index >= 15 is 0 Å². The fourth-order valence-corrected chi connectivity index (χ4v) is 0.271. The summed E-state index contributed by atoms with van der Waals surface area (Å²) in [6, 6.07) is 0. The van der Waals surface area contributed by atoms with Crippen LogP contribution in [0, 0.1) is 6.92 Å². The zero-order valence-corrected chi connectivity index (χ0v) is 4.35. The minimum atomic E-state index is -0.818. The molecule has 0 aromatic rings. The summed E-state index contributed by atoms with van der Waals surface area (Å²) in [6.45, 7) is 2.11. The molecule has 44 valence electrons. The van der Waals surface area contributed by atoms with Gasteiger partial charge in [-0.05, 0) is 0 Å². The molecular weight excluding hydrogens is 108 g/mol. The van der Waals surface area contributed by atoms with E-state index in [2.05, 4.69) is 6.92 Å². The van der Waals surface area contributed by atoms with Crippen molar-refractivity contribution in [1.82, 2.24) is 0 Å². The monoisotopic (exact) mass is 114 g/mol. The molecule has 0 saturated carbocycles. The van der Waals surface area contributed by atoms with Gasteiger partial charge in [-0.3, -0.25) is 0 Å². The third-order valence-electron chi connectivity index (χ3n) is 0.555. The average molecular weight is 114 g/mol. The molecule has 0 aromatic heterocycles. The number of rotatable bonds is 3. The first kappa shape index (κ1) is 7.17. The molecule has 0 aliphatic heterocycles. The lowest BCUT2D eigenvalue weighted by Gasteiger charge is -1.95. The van der Waals surface area contributed by atoms with E-state index in [1.165, 1.54) is 0 Å². The van der Waals surface area contributed by atoms with Crippen LogP contribution in [0.2, 0.25) is 0 Å². The first-order chi connectivity index (χ1) is 3.66. The van der Waals surface area contributed by atoms with Gasteiger partial charge in [0.2, 0.25) is 0 Å². The number of Topliss-reactive ketones (excluding diaryl/α,β-unsaturated/α-hetero) is 2. The zero-order valence-electron chi connectivity index (χ0n) is 4.35. The Labute approximate surface area is 47.3 Å². The van der Waals surface area contributed by atoms with Gasteiger partial charge < -0.3 is 9.90 Å². The maximum absolute atomic E-state index is 10.0. The van der Waals surface area contributed by atoms with Crippen LogP contribution in [0.1, 0.15) is 6.42 Å². The Morgan fingerprint density at radius 2 is 2.00 bits per heavy atom.